The van der Waals surface area contributed by atoms with Gasteiger partial charge in [-0.1, -0.05) is 12.1 Å². The van der Waals surface area contributed by atoms with Crippen LogP contribution in [-0.4, -0.2) is 11.2 Å². The largest absolute Gasteiger partial charge is 0.262 e. The second-order valence-electron chi connectivity index (χ2n) is 3.38. The van der Waals surface area contributed by atoms with Gasteiger partial charge in [0.05, 0.1) is 11.6 Å². The Hall–Kier alpha value is -2.79. The number of allylic oxidation sites excluding steroid dienone is 1. The van der Waals surface area contributed by atoms with E-state index in [1.807, 2.05) is 18.3 Å². The van der Waals surface area contributed by atoms with Crippen molar-refractivity contribution < 1.29 is 0 Å². The molecule has 0 saturated carbocycles. The highest BCUT2D eigenvalue weighted by atomic mass is 15.5. The normalized spacial score (nSPS) is 17.3. The van der Waals surface area contributed by atoms with E-state index in [0.717, 1.165) is 5.56 Å². The molecule has 1 unspecified atom stereocenters. The molecule has 5 heteroatoms. The summed E-state index contributed by atoms with van der Waals surface area (Å²) < 4.78 is 0. The van der Waals surface area contributed by atoms with Gasteiger partial charge in [0.15, 0.2) is 12.4 Å². The van der Waals surface area contributed by atoms with Gasteiger partial charge in [-0.2, -0.15) is 10.5 Å². The van der Waals surface area contributed by atoms with Crippen molar-refractivity contribution in [3.8, 4) is 12.3 Å². The Kier molecular flexibility index (Phi) is 3.04. The van der Waals surface area contributed by atoms with Gasteiger partial charge in [-0.25, -0.2) is 5.43 Å². The molecular weight excluding hydrogens is 214 g/mol. The number of nitrogens with zero attached hydrogens (tertiary/aromatic N) is 4. The monoisotopic (exact) mass is 223 g/mol. The first-order valence-electron chi connectivity index (χ1n) is 4.98. The van der Waals surface area contributed by atoms with Crippen LogP contribution in [0.4, 0.5) is 0 Å². The molecule has 1 aliphatic rings. The summed E-state index contributed by atoms with van der Waals surface area (Å²) in [6.45, 7) is 0. The molecule has 1 atom stereocenters. The van der Waals surface area contributed by atoms with E-state index in [4.69, 9.17) is 10.5 Å². The maximum Gasteiger partial charge on any atom is 0.197 e. The van der Waals surface area contributed by atoms with E-state index in [1.165, 1.54) is 0 Å². The zero-order valence-corrected chi connectivity index (χ0v) is 8.91. The van der Waals surface area contributed by atoms with Gasteiger partial charge in [0.2, 0.25) is 0 Å². The van der Waals surface area contributed by atoms with Crippen LogP contribution < -0.4 is 5.43 Å². The maximum atomic E-state index is 8.72. The van der Waals surface area contributed by atoms with E-state index >= 15 is 0 Å². The fourth-order valence-corrected chi connectivity index (χ4v) is 1.55. The fourth-order valence-electron chi connectivity index (χ4n) is 1.55. The number of nitriles is 2. The molecule has 0 amide bonds. The van der Waals surface area contributed by atoms with Gasteiger partial charge in [0, 0.05) is 12.4 Å². The standard InChI is InChI=1S/C12H9N5/c13-8-10-2-4-11(5-3-10)12-15-6-1-7-17(12)16-9-14/h1-7,12,16H. The predicted molar refractivity (Wildman–Crippen MR) is 62.1 cm³/mol. The Morgan fingerprint density at radius 2 is 2.00 bits per heavy atom. The highest BCUT2D eigenvalue weighted by molar-refractivity contribution is 5.72. The van der Waals surface area contributed by atoms with E-state index in [0.29, 0.717) is 5.56 Å². The number of benzene rings is 1. The highest BCUT2D eigenvalue weighted by Gasteiger charge is 2.17. The SMILES string of the molecule is N#CNN1C=CC=NC1c1ccc(C#N)cc1. The van der Waals surface area contributed by atoms with Crippen LogP contribution in [0.25, 0.3) is 0 Å². The molecule has 0 fully saturated rings. The van der Waals surface area contributed by atoms with Crippen LogP contribution in [0.1, 0.15) is 17.3 Å². The van der Waals surface area contributed by atoms with Crippen molar-refractivity contribution >= 4 is 6.21 Å². The molecule has 0 radical (unpaired) electrons. The van der Waals surface area contributed by atoms with Gasteiger partial charge in [-0.3, -0.25) is 10.0 Å². The molecule has 0 aliphatic carbocycles. The summed E-state index contributed by atoms with van der Waals surface area (Å²) in [7, 11) is 0. The van der Waals surface area contributed by atoms with E-state index in [1.54, 1.807) is 35.6 Å². The number of aliphatic imine (C=N–C) groups is 1. The van der Waals surface area contributed by atoms with Crippen molar-refractivity contribution in [3.05, 3.63) is 47.7 Å². The van der Waals surface area contributed by atoms with Gasteiger partial charge in [-0.05, 0) is 23.8 Å². The van der Waals surface area contributed by atoms with Crippen molar-refractivity contribution in [2.24, 2.45) is 4.99 Å². The van der Waals surface area contributed by atoms with Crippen LogP contribution in [-0.2, 0) is 0 Å². The van der Waals surface area contributed by atoms with Crippen LogP contribution in [0.5, 0.6) is 0 Å². The quantitative estimate of drug-likeness (QED) is 0.608. The lowest BCUT2D eigenvalue weighted by Crippen LogP contribution is -2.34. The Morgan fingerprint density at radius 3 is 2.65 bits per heavy atom. The summed E-state index contributed by atoms with van der Waals surface area (Å²) in [5.74, 6) is 0. The molecule has 0 bridgehead atoms. The lowest BCUT2D eigenvalue weighted by Gasteiger charge is -2.27. The summed E-state index contributed by atoms with van der Waals surface area (Å²) in [4.78, 5) is 4.27. The number of rotatable bonds is 2. The molecule has 1 aliphatic heterocycles. The summed E-state index contributed by atoms with van der Waals surface area (Å²) in [5, 5.41) is 19.0. The van der Waals surface area contributed by atoms with E-state index < -0.39 is 0 Å². The lowest BCUT2D eigenvalue weighted by molar-refractivity contribution is 0.239. The predicted octanol–water partition coefficient (Wildman–Crippen LogP) is 1.44. The van der Waals surface area contributed by atoms with Gasteiger partial charge in [-0.15, -0.1) is 0 Å². The molecule has 17 heavy (non-hydrogen) atoms. The van der Waals surface area contributed by atoms with Crippen LogP contribution in [0.15, 0.2) is 41.5 Å². The Balaban J connectivity index is 2.26. The number of hydrogen-bond donors (Lipinski definition) is 1. The summed E-state index contributed by atoms with van der Waals surface area (Å²) in [6, 6.07) is 9.17. The van der Waals surface area contributed by atoms with Crippen molar-refractivity contribution in [1.82, 2.24) is 10.4 Å². The lowest BCUT2D eigenvalue weighted by atomic mass is 10.1. The minimum atomic E-state index is -0.285. The summed E-state index contributed by atoms with van der Waals surface area (Å²) >= 11 is 0. The average Bonchev–Trinajstić information content (AvgIpc) is 2.40. The Bertz CT molecular complexity index is 529. The first kappa shape index (κ1) is 10.7. The molecule has 1 aromatic rings. The van der Waals surface area contributed by atoms with E-state index in [-0.39, 0.29) is 6.17 Å². The molecular formula is C12H9N5. The molecule has 2 rings (SSSR count). The van der Waals surface area contributed by atoms with Gasteiger partial charge in [0.25, 0.3) is 0 Å². The molecule has 1 heterocycles. The average molecular weight is 223 g/mol. The fraction of sp³-hybridized carbons (Fsp3) is 0.0833. The Morgan fingerprint density at radius 1 is 1.24 bits per heavy atom. The van der Waals surface area contributed by atoms with Crippen molar-refractivity contribution in [2.45, 2.75) is 6.17 Å². The zero-order chi connectivity index (χ0) is 12.1. The van der Waals surface area contributed by atoms with E-state index in [9.17, 15) is 0 Å². The Labute approximate surface area is 98.9 Å². The second-order valence-corrected chi connectivity index (χ2v) is 3.38. The maximum absolute atomic E-state index is 8.72. The van der Waals surface area contributed by atoms with Crippen LogP contribution >= 0.6 is 0 Å². The zero-order valence-electron chi connectivity index (χ0n) is 8.91. The van der Waals surface area contributed by atoms with Gasteiger partial charge >= 0.3 is 0 Å². The van der Waals surface area contributed by atoms with Crippen molar-refractivity contribution in [2.75, 3.05) is 0 Å². The number of nitrogens with one attached hydrogen (secondary N) is 1. The molecule has 5 nitrogen and oxygen atoms in total. The van der Waals surface area contributed by atoms with Crippen molar-refractivity contribution in [1.29, 1.82) is 10.5 Å². The third-order valence-electron chi connectivity index (χ3n) is 2.34. The first-order chi connectivity index (χ1) is 8.35. The molecule has 0 spiro atoms. The summed E-state index contributed by atoms with van der Waals surface area (Å²) in [5.41, 5.74) is 4.05. The minimum Gasteiger partial charge on any atom is -0.262 e. The smallest absolute Gasteiger partial charge is 0.197 e. The molecule has 82 valence electrons. The summed E-state index contributed by atoms with van der Waals surface area (Å²) in [6.07, 6.45) is 6.73. The van der Waals surface area contributed by atoms with E-state index in [2.05, 4.69) is 16.5 Å². The number of hydrazine groups is 1. The van der Waals surface area contributed by atoms with Gasteiger partial charge < -0.3 is 0 Å². The van der Waals surface area contributed by atoms with Crippen molar-refractivity contribution in [3.63, 3.8) is 0 Å². The van der Waals surface area contributed by atoms with Crippen LogP contribution in [0, 0.1) is 22.8 Å². The highest BCUT2D eigenvalue weighted by Crippen LogP contribution is 2.22. The minimum absolute atomic E-state index is 0.285. The number of hydrogen-bond acceptors (Lipinski definition) is 5. The van der Waals surface area contributed by atoms with Gasteiger partial charge in [0.1, 0.15) is 0 Å². The third kappa shape index (κ3) is 2.24. The molecule has 0 aromatic heterocycles. The molecule has 1 aromatic carbocycles. The van der Waals surface area contributed by atoms with Crippen LogP contribution in [0.2, 0.25) is 0 Å². The first-order valence-corrected chi connectivity index (χ1v) is 4.98. The van der Waals surface area contributed by atoms with Crippen LogP contribution in [0.3, 0.4) is 0 Å². The topological polar surface area (TPSA) is 75.2 Å². The molecule has 0 saturated heterocycles. The second kappa shape index (κ2) is 4.82. The third-order valence-corrected chi connectivity index (χ3v) is 2.34. The molecule has 1 N–H and O–H groups in total.